The van der Waals surface area contributed by atoms with Gasteiger partial charge in [0.2, 0.25) is 13.6 Å². The van der Waals surface area contributed by atoms with Crippen LogP contribution in [0.3, 0.4) is 0 Å². The molecule has 3 aliphatic heterocycles. The molecule has 27 heteroatoms. The van der Waals surface area contributed by atoms with Crippen LogP contribution in [-0.2, 0) is 64.8 Å². The number of aromatic nitrogens is 7. The molecule has 2 bridgehead atoms. The van der Waals surface area contributed by atoms with Crippen molar-refractivity contribution in [2.24, 2.45) is 10.8 Å². The maximum Gasteiger partial charge on any atom is 0.478 e. The van der Waals surface area contributed by atoms with Gasteiger partial charge in [-0.2, -0.15) is 0 Å². The maximum absolute atomic E-state index is 16.8. The molecule has 0 saturated carbocycles. The highest BCUT2D eigenvalue weighted by molar-refractivity contribution is 7.48. The Bertz CT molecular complexity index is 2340. The number of phosphoric ester groups is 2. The van der Waals surface area contributed by atoms with Crippen LogP contribution in [0.5, 0.6) is 0 Å². The molecule has 4 unspecified atom stereocenters. The number of nitrogen functional groups attached to an aromatic ring is 2. The summed E-state index contributed by atoms with van der Waals surface area (Å²) in [4.78, 5) is 46.0. The van der Waals surface area contributed by atoms with E-state index in [9.17, 15) is 23.8 Å². The zero-order valence-corrected chi connectivity index (χ0v) is 34.8. The number of anilines is 2. The van der Waals surface area contributed by atoms with Crippen molar-refractivity contribution < 1.29 is 74.3 Å². The van der Waals surface area contributed by atoms with Gasteiger partial charge < -0.3 is 35.5 Å². The molecule has 4 aromatic rings. The Hall–Kier alpha value is -4.26. The first-order chi connectivity index (χ1) is 28.2. The predicted octanol–water partition coefficient (Wildman–Crippen LogP) is 3.09. The molecule has 0 radical (unpaired) electrons. The summed E-state index contributed by atoms with van der Waals surface area (Å²) in [5, 5.41) is 11.7. The normalized spacial score (nSPS) is 31.6. The molecule has 5 N–H and O–H groups in total. The van der Waals surface area contributed by atoms with Crippen molar-refractivity contribution in [3.8, 4) is 0 Å². The molecule has 4 aromatic heterocycles. The van der Waals surface area contributed by atoms with E-state index in [2.05, 4.69) is 24.9 Å². The van der Waals surface area contributed by atoms with E-state index in [1.165, 1.54) is 34.1 Å². The van der Waals surface area contributed by atoms with Gasteiger partial charge in [0, 0.05) is 6.20 Å². The number of alkyl halides is 1. The summed E-state index contributed by atoms with van der Waals surface area (Å²) >= 11 is 0. The molecule has 3 aliphatic rings. The average Bonchev–Trinajstić information content (AvgIpc) is 3.94. The molecular formula is C33H44FN9O15P2. The molecule has 3 fully saturated rings. The molecule has 328 valence electrons. The third kappa shape index (κ3) is 8.88. The van der Waals surface area contributed by atoms with E-state index in [0.717, 1.165) is 6.33 Å². The van der Waals surface area contributed by atoms with Crippen LogP contribution in [0.2, 0.25) is 0 Å². The largest absolute Gasteiger partial charge is 0.478 e. The van der Waals surface area contributed by atoms with Crippen LogP contribution in [0.15, 0.2) is 31.2 Å². The lowest BCUT2D eigenvalue weighted by atomic mass is 9.98. The van der Waals surface area contributed by atoms with Crippen LogP contribution in [-0.4, -0.2) is 115 Å². The van der Waals surface area contributed by atoms with E-state index in [-0.39, 0.29) is 33.8 Å². The van der Waals surface area contributed by atoms with E-state index >= 15 is 4.39 Å². The predicted molar refractivity (Wildman–Crippen MR) is 200 cm³/mol. The average molecular weight is 888 g/mol. The first-order valence-electron chi connectivity index (χ1n) is 18.3. The van der Waals surface area contributed by atoms with Gasteiger partial charge in [-0.3, -0.25) is 36.8 Å². The van der Waals surface area contributed by atoms with Gasteiger partial charge in [0.1, 0.15) is 47.9 Å². The summed E-state index contributed by atoms with van der Waals surface area (Å²) in [6, 6.07) is 1.49. The van der Waals surface area contributed by atoms with Crippen molar-refractivity contribution in [2.45, 2.75) is 90.7 Å². The molecule has 24 nitrogen and oxygen atoms in total. The SMILES string of the molecule is CC(C)(C)C(=O)OCOP1(=O)OC[C@H]2O[C@@H](n3cnc4c(N)ccnc43)[C@@H](F)C2OP(=O)(OCOC(=O)C(C)(C)C)OC[C@H]2O[C@@H](n3cnc4c(N)ncnc43)C(O1)[C@H]2O. The van der Waals surface area contributed by atoms with Crippen molar-refractivity contribution in [3.63, 3.8) is 0 Å². The van der Waals surface area contributed by atoms with E-state index in [0.29, 0.717) is 0 Å². The number of imidazole rings is 2. The number of aliphatic hydroxyl groups excluding tert-OH is 1. The van der Waals surface area contributed by atoms with Gasteiger partial charge in [-0.05, 0) is 47.6 Å². The van der Waals surface area contributed by atoms with Gasteiger partial charge in [-0.15, -0.1) is 0 Å². The fraction of sp³-hybridized carbons (Fsp3) is 0.606. The number of aliphatic hydroxyl groups is 1. The van der Waals surface area contributed by atoms with Crippen molar-refractivity contribution in [1.29, 1.82) is 0 Å². The number of ether oxygens (including phenoxy) is 4. The van der Waals surface area contributed by atoms with Crippen LogP contribution in [0.1, 0.15) is 54.0 Å². The number of nitrogens with zero attached hydrogens (tertiary/aromatic N) is 7. The first kappa shape index (κ1) is 43.8. The Balaban J connectivity index is 1.26. The van der Waals surface area contributed by atoms with Gasteiger partial charge in [-0.25, -0.2) is 47.5 Å². The Morgan fingerprint density at radius 2 is 1.33 bits per heavy atom. The summed E-state index contributed by atoms with van der Waals surface area (Å²) in [6.45, 7) is 5.71. The second-order valence-corrected chi connectivity index (χ2v) is 19.1. The second-order valence-electron chi connectivity index (χ2n) is 15.9. The minimum Gasteiger partial charge on any atom is -0.437 e. The Morgan fingerprint density at radius 1 is 0.800 bits per heavy atom. The zero-order chi connectivity index (χ0) is 43.4. The number of hydrogen-bond donors (Lipinski definition) is 3. The monoisotopic (exact) mass is 887 g/mol. The molecule has 7 rings (SSSR count). The summed E-state index contributed by atoms with van der Waals surface area (Å²) in [6.07, 6.45) is -8.97. The minimum atomic E-state index is -5.07. The number of phosphoric acid groups is 2. The Morgan fingerprint density at radius 3 is 1.95 bits per heavy atom. The molecule has 7 heterocycles. The lowest BCUT2D eigenvalue weighted by molar-refractivity contribution is -0.162. The molecular weight excluding hydrogens is 843 g/mol. The Kier molecular flexibility index (Phi) is 12.1. The second kappa shape index (κ2) is 16.5. The van der Waals surface area contributed by atoms with E-state index in [1.54, 1.807) is 41.5 Å². The van der Waals surface area contributed by atoms with E-state index in [1.807, 2.05) is 0 Å². The summed E-state index contributed by atoms with van der Waals surface area (Å²) < 4.78 is 105. The third-order valence-electron chi connectivity index (χ3n) is 9.33. The molecule has 0 amide bonds. The highest BCUT2D eigenvalue weighted by Gasteiger charge is 2.55. The maximum atomic E-state index is 16.8. The van der Waals surface area contributed by atoms with Crippen LogP contribution in [0, 0.1) is 10.8 Å². The number of esters is 2. The van der Waals surface area contributed by atoms with Crippen molar-refractivity contribution in [3.05, 3.63) is 31.2 Å². The minimum absolute atomic E-state index is 0.00397. The number of pyridine rings is 1. The lowest BCUT2D eigenvalue weighted by Crippen LogP contribution is -2.36. The van der Waals surface area contributed by atoms with Crippen molar-refractivity contribution in [1.82, 2.24) is 34.1 Å². The van der Waals surface area contributed by atoms with Gasteiger partial charge in [0.05, 0.1) is 42.4 Å². The summed E-state index contributed by atoms with van der Waals surface area (Å²) in [7, 11) is -10.1. The third-order valence-corrected chi connectivity index (χ3v) is 12.1. The van der Waals surface area contributed by atoms with E-state index < -0.39 is 114 Å². The molecule has 10 atom stereocenters. The van der Waals surface area contributed by atoms with Gasteiger partial charge in [0.25, 0.3) is 0 Å². The highest BCUT2D eigenvalue weighted by Crippen LogP contribution is 2.58. The first-order valence-corrected chi connectivity index (χ1v) is 21.2. The van der Waals surface area contributed by atoms with Crippen LogP contribution >= 0.6 is 15.6 Å². The number of halogens is 1. The number of rotatable bonds is 8. The topological polar surface area (TPSA) is 307 Å². The van der Waals surface area contributed by atoms with Crippen molar-refractivity contribution >= 4 is 61.4 Å². The van der Waals surface area contributed by atoms with Crippen LogP contribution < -0.4 is 11.5 Å². The molecule has 0 aromatic carbocycles. The van der Waals surface area contributed by atoms with Crippen LogP contribution in [0.25, 0.3) is 22.3 Å². The number of hydrogen-bond acceptors (Lipinski definition) is 22. The van der Waals surface area contributed by atoms with Crippen LogP contribution in [0.4, 0.5) is 15.9 Å². The van der Waals surface area contributed by atoms with Gasteiger partial charge in [0.15, 0.2) is 35.7 Å². The summed E-state index contributed by atoms with van der Waals surface area (Å²) in [5.41, 5.74) is 10.8. The van der Waals surface area contributed by atoms with E-state index in [4.69, 9.17) is 57.6 Å². The zero-order valence-electron chi connectivity index (χ0n) is 33.1. The van der Waals surface area contributed by atoms with Gasteiger partial charge >= 0.3 is 27.6 Å². The molecule has 0 spiro atoms. The molecule has 0 aliphatic carbocycles. The Labute approximate surface area is 340 Å². The number of carbonyl (C=O) groups excluding carboxylic acids is 2. The quantitative estimate of drug-likeness (QED) is 0.130. The molecule has 3 saturated heterocycles. The summed E-state index contributed by atoms with van der Waals surface area (Å²) in [5.74, 6) is -1.51. The number of nitrogens with two attached hydrogens (primary N) is 2. The number of fused-ring (bicyclic) bond motifs is 5. The molecule has 60 heavy (non-hydrogen) atoms. The fourth-order valence-corrected chi connectivity index (χ4v) is 8.61. The highest BCUT2D eigenvalue weighted by atomic mass is 31.2. The fourth-order valence-electron chi connectivity index (χ4n) is 6.11. The van der Waals surface area contributed by atoms with Gasteiger partial charge in [-0.1, -0.05) is 0 Å². The van der Waals surface area contributed by atoms with Crippen molar-refractivity contribution in [2.75, 3.05) is 38.3 Å². The number of carbonyl (C=O) groups is 2. The smallest absolute Gasteiger partial charge is 0.437 e. The lowest BCUT2D eigenvalue weighted by Gasteiger charge is -2.28. The standard InChI is InChI=1S/C33H44FN9O15P2/c1-32(2,3)30(45)49-14-53-59(47)51-9-17-22(44)24(29(55-17)43-13-41-21-25(36)38-11-39-27(21)43)58-60(48,54-15-50-31(46)33(4,5)6)52-10-18-23(57-59)19(34)28(56-18)42-12-40-20-16(35)7-8-37-26(20)42/h7-8,11-13,17-19,22-24,28-29,44H,9-10,14-15H2,1-6H3,(H2,35,37)(H2,36,38,39)/t17-,18-,19+,22+,23?,24?,28-,29-,59?,60?/m1/s1.